The molecule has 19 heavy (non-hydrogen) atoms. The van der Waals surface area contributed by atoms with Crippen LogP contribution in [-0.2, 0) is 0 Å². The monoisotopic (exact) mass is 276 g/mol. The highest BCUT2D eigenvalue weighted by atomic mass is 35.5. The number of hydrogen-bond donors (Lipinski definition) is 1. The number of nitrogens with zero attached hydrogens (tertiary/aromatic N) is 1. The van der Waals surface area contributed by atoms with Gasteiger partial charge in [-0.3, -0.25) is 0 Å². The third-order valence-corrected chi connectivity index (χ3v) is 3.80. The molecule has 0 aliphatic heterocycles. The molecule has 3 rings (SSSR count). The van der Waals surface area contributed by atoms with Gasteiger partial charge in [-0.15, -0.1) is 0 Å². The number of halogens is 2. The van der Waals surface area contributed by atoms with Gasteiger partial charge in [0.15, 0.2) is 0 Å². The SMILES string of the molecule is Fc1cccc(NC2CC(c3ccc(Cl)cc3)C2)n1. The molecule has 2 nitrogen and oxygen atoms in total. The topological polar surface area (TPSA) is 24.9 Å². The number of pyridine rings is 1. The summed E-state index contributed by atoms with van der Waals surface area (Å²) < 4.78 is 13.0. The average molecular weight is 277 g/mol. The van der Waals surface area contributed by atoms with E-state index in [1.807, 2.05) is 12.1 Å². The summed E-state index contributed by atoms with van der Waals surface area (Å²) >= 11 is 5.87. The maximum absolute atomic E-state index is 13.0. The highest BCUT2D eigenvalue weighted by Gasteiger charge is 2.30. The molecule has 1 N–H and O–H groups in total. The van der Waals surface area contributed by atoms with Gasteiger partial charge in [-0.1, -0.05) is 29.8 Å². The van der Waals surface area contributed by atoms with Crippen molar-refractivity contribution in [1.29, 1.82) is 0 Å². The van der Waals surface area contributed by atoms with Crippen LogP contribution in [0.2, 0.25) is 5.02 Å². The lowest BCUT2D eigenvalue weighted by Gasteiger charge is -2.36. The highest BCUT2D eigenvalue weighted by Crippen LogP contribution is 2.38. The lowest BCUT2D eigenvalue weighted by Crippen LogP contribution is -2.34. The normalized spacial score (nSPS) is 21.8. The minimum absolute atomic E-state index is 0.370. The highest BCUT2D eigenvalue weighted by molar-refractivity contribution is 6.30. The van der Waals surface area contributed by atoms with Gasteiger partial charge in [0.1, 0.15) is 5.82 Å². The molecule has 1 aromatic heterocycles. The Morgan fingerprint density at radius 3 is 2.53 bits per heavy atom. The molecule has 0 spiro atoms. The van der Waals surface area contributed by atoms with Crippen LogP contribution in [0.25, 0.3) is 0 Å². The quantitative estimate of drug-likeness (QED) is 0.849. The predicted octanol–water partition coefficient (Wildman–Crippen LogP) is 4.23. The van der Waals surface area contributed by atoms with Crippen molar-refractivity contribution in [3.63, 3.8) is 0 Å². The molecule has 0 amide bonds. The third-order valence-electron chi connectivity index (χ3n) is 3.55. The van der Waals surface area contributed by atoms with Crippen LogP contribution in [0.1, 0.15) is 24.3 Å². The molecule has 2 aromatic rings. The number of benzene rings is 1. The van der Waals surface area contributed by atoms with Crippen LogP contribution in [0.4, 0.5) is 10.2 Å². The minimum Gasteiger partial charge on any atom is -0.367 e. The van der Waals surface area contributed by atoms with Gasteiger partial charge in [-0.2, -0.15) is 4.39 Å². The summed E-state index contributed by atoms with van der Waals surface area (Å²) in [5, 5.41) is 4.02. The molecule has 1 aromatic carbocycles. The largest absolute Gasteiger partial charge is 0.367 e. The Morgan fingerprint density at radius 2 is 1.84 bits per heavy atom. The standard InChI is InChI=1S/C15H14ClFN2/c16-12-6-4-10(5-7-12)11-8-13(9-11)18-15-3-1-2-14(17)19-15/h1-7,11,13H,8-9H2,(H,18,19). The number of anilines is 1. The first kappa shape index (κ1) is 12.4. The van der Waals surface area contributed by atoms with E-state index in [1.165, 1.54) is 11.6 Å². The second-order valence-electron chi connectivity index (χ2n) is 4.91. The molecule has 0 unspecified atom stereocenters. The lowest BCUT2D eigenvalue weighted by atomic mass is 9.76. The van der Waals surface area contributed by atoms with Crippen molar-refractivity contribution in [2.24, 2.45) is 0 Å². The summed E-state index contributed by atoms with van der Waals surface area (Å²) in [6, 6.07) is 13.2. The Balaban J connectivity index is 1.57. The molecular formula is C15H14ClFN2. The predicted molar refractivity (Wildman–Crippen MR) is 75.0 cm³/mol. The van der Waals surface area contributed by atoms with Gasteiger partial charge < -0.3 is 5.32 Å². The van der Waals surface area contributed by atoms with E-state index in [4.69, 9.17) is 11.6 Å². The van der Waals surface area contributed by atoms with Gasteiger partial charge in [0.25, 0.3) is 0 Å². The third kappa shape index (κ3) is 2.87. The first-order valence-electron chi connectivity index (χ1n) is 6.35. The molecule has 0 bridgehead atoms. The molecule has 1 saturated carbocycles. The van der Waals surface area contributed by atoms with Gasteiger partial charge in [0.05, 0.1) is 0 Å². The Kier molecular flexibility index (Phi) is 3.38. The minimum atomic E-state index is -0.446. The Hall–Kier alpha value is -1.61. The first-order valence-corrected chi connectivity index (χ1v) is 6.73. The molecule has 1 aliphatic rings. The Bertz CT molecular complexity index is 565. The summed E-state index contributed by atoms with van der Waals surface area (Å²) in [7, 11) is 0. The maximum Gasteiger partial charge on any atom is 0.214 e. The van der Waals surface area contributed by atoms with Crippen molar-refractivity contribution in [2.75, 3.05) is 5.32 Å². The van der Waals surface area contributed by atoms with E-state index in [2.05, 4.69) is 22.4 Å². The fourth-order valence-electron chi connectivity index (χ4n) is 2.44. The molecule has 0 saturated heterocycles. The zero-order chi connectivity index (χ0) is 13.2. The van der Waals surface area contributed by atoms with E-state index in [0.717, 1.165) is 17.9 Å². The van der Waals surface area contributed by atoms with Gasteiger partial charge in [-0.25, -0.2) is 4.98 Å². The lowest BCUT2D eigenvalue weighted by molar-refractivity contribution is 0.373. The molecule has 1 aliphatic carbocycles. The molecule has 4 heteroatoms. The van der Waals surface area contributed by atoms with Crippen molar-refractivity contribution in [3.8, 4) is 0 Å². The number of hydrogen-bond acceptors (Lipinski definition) is 2. The van der Waals surface area contributed by atoms with Gasteiger partial charge >= 0.3 is 0 Å². The van der Waals surface area contributed by atoms with Crippen LogP contribution in [0.15, 0.2) is 42.5 Å². The van der Waals surface area contributed by atoms with E-state index >= 15 is 0 Å². The Morgan fingerprint density at radius 1 is 1.11 bits per heavy atom. The number of rotatable bonds is 3. The molecule has 0 atom stereocenters. The van der Waals surface area contributed by atoms with Crippen molar-refractivity contribution < 1.29 is 4.39 Å². The van der Waals surface area contributed by atoms with Gasteiger partial charge in [0.2, 0.25) is 5.95 Å². The van der Waals surface area contributed by atoms with Crippen LogP contribution in [0.3, 0.4) is 0 Å². The maximum atomic E-state index is 13.0. The van der Waals surface area contributed by atoms with E-state index in [0.29, 0.717) is 17.8 Å². The fraction of sp³-hybridized carbons (Fsp3) is 0.267. The zero-order valence-electron chi connectivity index (χ0n) is 10.3. The summed E-state index contributed by atoms with van der Waals surface area (Å²) in [5.74, 6) is 0.724. The van der Waals surface area contributed by atoms with Crippen LogP contribution in [0.5, 0.6) is 0 Å². The van der Waals surface area contributed by atoms with Crippen molar-refractivity contribution in [1.82, 2.24) is 4.98 Å². The molecule has 1 heterocycles. The average Bonchev–Trinajstić information content (AvgIpc) is 2.35. The molecule has 98 valence electrons. The van der Waals surface area contributed by atoms with Gasteiger partial charge in [0, 0.05) is 11.1 Å². The van der Waals surface area contributed by atoms with Crippen molar-refractivity contribution in [3.05, 3.63) is 59.0 Å². The van der Waals surface area contributed by atoms with Crippen LogP contribution in [0, 0.1) is 5.95 Å². The van der Waals surface area contributed by atoms with Crippen molar-refractivity contribution >= 4 is 17.4 Å². The molecule has 0 radical (unpaired) electrons. The second-order valence-corrected chi connectivity index (χ2v) is 5.34. The summed E-state index contributed by atoms with van der Waals surface area (Å²) in [6.45, 7) is 0. The fourth-order valence-corrected chi connectivity index (χ4v) is 2.57. The molecular weight excluding hydrogens is 263 g/mol. The number of aromatic nitrogens is 1. The smallest absolute Gasteiger partial charge is 0.214 e. The van der Waals surface area contributed by atoms with E-state index in [-0.39, 0.29) is 0 Å². The van der Waals surface area contributed by atoms with E-state index in [9.17, 15) is 4.39 Å². The van der Waals surface area contributed by atoms with Crippen molar-refractivity contribution in [2.45, 2.75) is 24.8 Å². The van der Waals surface area contributed by atoms with E-state index < -0.39 is 5.95 Å². The van der Waals surface area contributed by atoms with E-state index in [1.54, 1.807) is 12.1 Å². The number of nitrogens with one attached hydrogen (secondary N) is 1. The second kappa shape index (κ2) is 5.17. The van der Waals surface area contributed by atoms with Crippen LogP contribution >= 0.6 is 11.6 Å². The summed E-state index contributed by atoms with van der Waals surface area (Å²) in [6.07, 6.45) is 2.08. The first-order chi connectivity index (χ1) is 9.20. The molecule has 1 fully saturated rings. The van der Waals surface area contributed by atoms with Crippen LogP contribution < -0.4 is 5.32 Å². The summed E-state index contributed by atoms with van der Waals surface area (Å²) in [4.78, 5) is 3.81. The van der Waals surface area contributed by atoms with Gasteiger partial charge in [-0.05, 0) is 48.6 Å². The van der Waals surface area contributed by atoms with Crippen LogP contribution in [-0.4, -0.2) is 11.0 Å². The summed E-state index contributed by atoms with van der Waals surface area (Å²) in [5.41, 5.74) is 1.31. The zero-order valence-corrected chi connectivity index (χ0v) is 11.1. The Labute approximate surface area is 116 Å².